The van der Waals surface area contributed by atoms with Crippen molar-refractivity contribution in [3.8, 4) is 0 Å². The quantitative estimate of drug-likeness (QED) is 0.101. The number of aromatic amines is 2. The number of rotatable bonds is 11. The molecule has 358 valence electrons. The lowest BCUT2D eigenvalue weighted by Gasteiger charge is -2.34. The summed E-state index contributed by atoms with van der Waals surface area (Å²) in [5.74, 6) is -0.955. The van der Waals surface area contributed by atoms with E-state index in [0.717, 1.165) is 11.3 Å². The second-order valence-electron chi connectivity index (χ2n) is 19.9. The smallest absolute Gasteiger partial charge is 0.407 e. The Bertz CT molecular complexity index is 2510. The summed E-state index contributed by atoms with van der Waals surface area (Å²) in [5, 5.41) is 5.34. The molecule has 15 nitrogen and oxygen atoms in total. The van der Waals surface area contributed by atoms with E-state index in [1.165, 1.54) is 14.2 Å². The fourth-order valence-electron chi connectivity index (χ4n) is 10.3. The van der Waals surface area contributed by atoms with Gasteiger partial charge in [0.05, 0.1) is 49.4 Å². The van der Waals surface area contributed by atoms with Crippen molar-refractivity contribution in [2.24, 2.45) is 11.8 Å². The minimum atomic E-state index is -0.811. The zero-order valence-electron chi connectivity index (χ0n) is 39.8. The fraction of sp³-hybridized carbons (Fsp3) is 0.520. The van der Waals surface area contributed by atoms with E-state index < -0.39 is 60.1 Å². The summed E-state index contributed by atoms with van der Waals surface area (Å²) < 4.78 is 44.1. The third-order valence-corrected chi connectivity index (χ3v) is 13.9. The molecule has 3 fully saturated rings. The third-order valence-electron chi connectivity index (χ3n) is 13.9. The molecule has 4 amide bonds. The Morgan fingerprint density at radius 3 is 1.69 bits per heavy atom. The predicted octanol–water partition coefficient (Wildman–Crippen LogP) is 9.19. The first-order valence-electron chi connectivity index (χ1n) is 23.5. The number of carbonyl (C=O) groups is 4. The molecule has 3 saturated heterocycles. The van der Waals surface area contributed by atoms with Crippen LogP contribution in [0.15, 0.2) is 48.5 Å². The number of nitrogens with zero attached hydrogens (tertiary/aromatic N) is 5. The van der Waals surface area contributed by atoms with Crippen LogP contribution in [-0.2, 0) is 24.5 Å². The Morgan fingerprint density at radius 2 is 1.18 bits per heavy atom. The lowest BCUT2D eigenvalue weighted by atomic mass is 9.87. The molecule has 0 bridgehead atoms. The highest BCUT2D eigenvalue weighted by Crippen LogP contribution is 2.49. The van der Waals surface area contributed by atoms with Crippen LogP contribution >= 0.6 is 0 Å². The van der Waals surface area contributed by atoms with Crippen molar-refractivity contribution in [1.29, 1.82) is 0 Å². The zero-order chi connectivity index (χ0) is 48.1. The number of hydrogen-bond acceptors (Lipinski definition) is 9. The van der Waals surface area contributed by atoms with E-state index in [1.807, 2.05) is 45.9 Å². The number of H-pyrrole nitrogens is 2. The second-order valence-corrected chi connectivity index (χ2v) is 19.9. The number of carbonyl (C=O) groups excluding carboxylic acids is 4. The summed E-state index contributed by atoms with van der Waals surface area (Å²) in [4.78, 5) is 73.8. The van der Waals surface area contributed by atoms with Crippen molar-refractivity contribution < 1.29 is 37.4 Å². The van der Waals surface area contributed by atoms with Gasteiger partial charge >= 0.3 is 12.2 Å². The lowest BCUT2D eigenvalue weighted by molar-refractivity contribution is -0.136. The molecule has 1 unspecified atom stereocenters. The van der Waals surface area contributed by atoms with Gasteiger partial charge in [-0.3, -0.25) is 9.59 Å². The molecule has 0 aliphatic carbocycles. The van der Waals surface area contributed by atoms with Gasteiger partial charge in [0.1, 0.15) is 34.8 Å². The first kappa shape index (κ1) is 47.2. The van der Waals surface area contributed by atoms with Gasteiger partial charge in [-0.25, -0.2) is 28.3 Å². The molecule has 17 heteroatoms. The summed E-state index contributed by atoms with van der Waals surface area (Å²) in [7, 11) is 2.51. The van der Waals surface area contributed by atoms with Gasteiger partial charge in [-0.2, -0.15) is 0 Å². The SMILES string of the molecule is COC(=O)NC(C(=O)N1CCC[C@H]1c1nc2ccc([C@H]3CC[C@H](c4ccc5[nH]c([C@@H]6CCCN6C(=O)[C@@H](NC(=O)OC)C(C)C)nc5c4F)N3c3ccc(C(C)(C)C)cc3)c(F)c2[nH]1)C(C)C. The second kappa shape index (κ2) is 18.8. The number of likely N-dealkylation sites (tertiary alicyclic amines) is 2. The van der Waals surface area contributed by atoms with Crippen LogP contribution in [-0.4, -0.2) is 93.1 Å². The summed E-state index contributed by atoms with van der Waals surface area (Å²) in [6.45, 7) is 14.7. The molecule has 5 aromatic rings. The number of aromatic nitrogens is 4. The minimum absolute atomic E-state index is 0.118. The molecule has 67 heavy (non-hydrogen) atoms. The Hall–Kier alpha value is -6.26. The number of fused-ring (bicyclic) bond motifs is 2. The normalized spacial score (nSPS) is 20.9. The number of halogens is 2. The summed E-state index contributed by atoms with van der Waals surface area (Å²) in [6.07, 6.45) is 2.31. The van der Waals surface area contributed by atoms with Gasteiger partial charge in [-0.1, -0.05) is 72.7 Å². The Balaban J connectivity index is 1.12. The highest BCUT2D eigenvalue weighted by Gasteiger charge is 2.42. The number of methoxy groups -OCH3 is 2. The van der Waals surface area contributed by atoms with Gasteiger partial charge in [0.15, 0.2) is 11.6 Å². The van der Waals surface area contributed by atoms with E-state index in [9.17, 15) is 19.2 Å². The molecule has 0 spiro atoms. The van der Waals surface area contributed by atoms with Crippen LogP contribution in [0.2, 0.25) is 0 Å². The average molecular weight is 924 g/mol. The van der Waals surface area contributed by atoms with Crippen LogP contribution in [0.5, 0.6) is 0 Å². The molecule has 4 N–H and O–H groups in total. The lowest BCUT2D eigenvalue weighted by Crippen LogP contribution is -2.51. The molecule has 8 rings (SSSR count). The highest BCUT2D eigenvalue weighted by molar-refractivity contribution is 5.88. The van der Waals surface area contributed by atoms with Crippen LogP contribution in [0.4, 0.5) is 24.1 Å². The monoisotopic (exact) mass is 923 g/mol. The molecule has 5 heterocycles. The average Bonchev–Trinajstić information content (AvgIpc) is 4.15. The van der Waals surface area contributed by atoms with E-state index in [4.69, 9.17) is 19.4 Å². The van der Waals surface area contributed by atoms with Gasteiger partial charge in [-0.05, 0) is 85.6 Å². The fourth-order valence-corrected chi connectivity index (χ4v) is 10.3. The largest absolute Gasteiger partial charge is 0.453 e. The minimum Gasteiger partial charge on any atom is -0.453 e. The molecule has 0 radical (unpaired) electrons. The molecular formula is C50H63F2N9O6. The van der Waals surface area contributed by atoms with Crippen LogP contribution in [0, 0.1) is 23.5 Å². The number of hydrogen-bond donors (Lipinski definition) is 4. The van der Waals surface area contributed by atoms with Gasteiger partial charge in [0.2, 0.25) is 11.8 Å². The molecule has 3 aromatic carbocycles. The number of amides is 4. The van der Waals surface area contributed by atoms with Crippen molar-refractivity contribution in [1.82, 2.24) is 40.4 Å². The van der Waals surface area contributed by atoms with E-state index >= 15 is 8.78 Å². The van der Waals surface area contributed by atoms with Crippen molar-refractivity contribution in [2.75, 3.05) is 32.2 Å². The Kier molecular flexibility index (Phi) is 13.2. The summed E-state index contributed by atoms with van der Waals surface area (Å²) in [6, 6.07) is 11.8. The van der Waals surface area contributed by atoms with Gasteiger partial charge in [-0.15, -0.1) is 0 Å². The van der Waals surface area contributed by atoms with Gasteiger partial charge < -0.3 is 44.8 Å². The first-order valence-corrected chi connectivity index (χ1v) is 23.5. The molecule has 0 saturated carbocycles. The number of anilines is 1. The number of ether oxygens (including phenoxy) is 2. The molecular weight excluding hydrogens is 861 g/mol. The Morgan fingerprint density at radius 1 is 0.672 bits per heavy atom. The predicted molar refractivity (Wildman–Crippen MR) is 250 cm³/mol. The maximum Gasteiger partial charge on any atom is 0.407 e. The van der Waals surface area contributed by atoms with Crippen LogP contribution in [0.25, 0.3) is 22.1 Å². The van der Waals surface area contributed by atoms with E-state index in [1.54, 1.807) is 28.0 Å². The van der Waals surface area contributed by atoms with Crippen LogP contribution in [0.3, 0.4) is 0 Å². The van der Waals surface area contributed by atoms with Crippen LogP contribution in [0.1, 0.15) is 139 Å². The highest BCUT2D eigenvalue weighted by atomic mass is 19.1. The molecule has 6 atom stereocenters. The topological polar surface area (TPSA) is 178 Å². The molecule has 3 aliphatic heterocycles. The van der Waals surface area contributed by atoms with Crippen molar-refractivity contribution >= 4 is 51.8 Å². The number of alkyl carbamates (subject to hydrolysis) is 2. The standard InChI is InChI=1S/C50H63F2N9O6/c1-26(2)40(57-48(64)66-8)46(62)59-24-10-12-36(59)44-53-32-20-18-30(38(51)42(32)55-44)34-22-23-35(61(34)29-16-14-28(15-17-29)50(5,6)7)31-19-21-33-43(39(31)52)56-45(54-33)37-13-11-25-60(37)47(63)41(27(3)4)58-49(65)67-9/h14-21,26-27,34-37,40-41H,10-13,22-25H2,1-9H3,(H,53,55)(H,54,56)(H,57,64)(H,58,65)/t34-,35-,36+,37+,40+,41?/m1/s1. The van der Waals surface area contributed by atoms with Crippen molar-refractivity contribution in [2.45, 2.75) is 129 Å². The maximum absolute atomic E-state index is 17.3. The summed E-state index contributed by atoms with van der Waals surface area (Å²) in [5.41, 5.74) is 3.97. The third kappa shape index (κ3) is 9.00. The maximum atomic E-state index is 17.3. The summed E-state index contributed by atoms with van der Waals surface area (Å²) >= 11 is 0. The van der Waals surface area contributed by atoms with Gasteiger partial charge in [0.25, 0.3) is 0 Å². The zero-order valence-corrected chi connectivity index (χ0v) is 39.8. The van der Waals surface area contributed by atoms with Crippen LogP contribution < -0.4 is 15.5 Å². The Labute approximate surface area is 389 Å². The number of benzene rings is 3. The molecule has 2 aromatic heterocycles. The molecule has 3 aliphatic rings. The van der Waals surface area contributed by atoms with Crippen molar-refractivity contribution in [3.63, 3.8) is 0 Å². The first-order chi connectivity index (χ1) is 31.9. The number of nitrogens with one attached hydrogen (secondary N) is 4. The van der Waals surface area contributed by atoms with E-state index in [0.29, 0.717) is 85.4 Å². The number of imidazole rings is 2. The van der Waals surface area contributed by atoms with Gasteiger partial charge in [0, 0.05) is 29.9 Å². The van der Waals surface area contributed by atoms with Crippen molar-refractivity contribution in [3.05, 3.63) is 88.5 Å². The van der Waals surface area contributed by atoms with E-state index in [2.05, 4.69) is 58.4 Å². The van der Waals surface area contributed by atoms with E-state index in [-0.39, 0.29) is 40.1 Å².